The molecule has 29 heavy (non-hydrogen) atoms. The highest BCUT2D eigenvalue weighted by Crippen LogP contribution is 2.23. The molecule has 1 aromatic carbocycles. The molecule has 0 unspecified atom stereocenters. The molecule has 3 rings (SSSR count). The zero-order valence-electron chi connectivity index (χ0n) is 17.2. The van der Waals surface area contributed by atoms with Gasteiger partial charge in [0.2, 0.25) is 5.91 Å². The van der Waals surface area contributed by atoms with Crippen LogP contribution in [0.15, 0.2) is 34.2 Å². The number of ether oxygens (including phenoxy) is 1. The van der Waals surface area contributed by atoms with E-state index in [1.165, 1.54) is 11.8 Å². The first-order valence-corrected chi connectivity index (χ1v) is 10.9. The van der Waals surface area contributed by atoms with Gasteiger partial charge in [0.1, 0.15) is 5.75 Å². The Kier molecular flexibility index (Phi) is 7.33. The van der Waals surface area contributed by atoms with Crippen LogP contribution < -0.4 is 15.6 Å². The number of nitrogens with zero attached hydrogens (tertiary/aromatic N) is 2. The fourth-order valence-corrected chi connectivity index (χ4v) is 3.98. The van der Waals surface area contributed by atoms with Crippen LogP contribution >= 0.6 is 11.8 Å². The van der Waals surface area contributed by atoms with Gasteiger partial charge in [-0.2, -0.15) is 0 Å². The Hall–Kier alpha value is -2.32. The number of hydrogen-bond donors (Lipinski definition) is 2. The second-order valence-corrected chi connectivity index (χ2v) is 8.20. The maximum absolute atomic E-state index is 12.6. The highest BCUT2D eigenvalue weighted by molar-refractivity contribution is 7.99. The minimum Gasteiger partial charge on any atom is -0.496 e. The van der Waals surface area contributed by atoms with E-state index in [0.717, 1.165) is 36.5 Å². The van der Waals surface area contributed by atoms with Crippen molar-refractivity contribution in [3.8, 4) is 5.75 Å². The number of methoxy groups -OCH3 is 1. The molecule has 0 fully saturated rings. The summed E-state index contributed by atoms with van der Waals surface area (Å²) in [5.41, 5.74) is 2.52. The number of carbonyl (C=O) groups is 1. The summed E-state index contributed by atoms with van der Waals surface area (Å²) in [4.78, 5) is 34.2. The second kappa shape index (κ2) is 9.93. The van der Waals surface area contributed by atoms with Gasteiger partial charge in [-0.15, -0.1) is 0 Å². The molecule has 0 bridgehead atoms. The number of fused-ring (bicyclic) bond motifs is 1. The van der Waals surface area contributed by atoms with Crippen LogP contribution in [0, 0.1) is 0 Å². The second-order valence-electron chi connectivity index (χ2n) is 7.23. The highest BCUT2D eigenvalue weighted by atomic mass is 32.2. The summed E-state index contributed by atoms with van der Waals surface area (Å²) in [6.45, 7) is 6.08. The van der Waals surface area contributed by atoms with Crippen LogP contribution in [0.2, 0.25) is 0 Å². The van der Waals surface area contributed by atoms with E-state index in [2.05, 4.69) is 20.2 Å². The van der Waals surface area contributed by atoms with Gasteiger partial charge in [0, 0.05) is 37.7 Å². The van der Waals surface area contributed by atoms with Crippen LogP contribution in [-0.4, -0.2) is 46.2 Å². The van der Waals surface area contributed by atoms with E-state index in [1.54, 1.807) is 7.11 Å². The Morgan fingerprint density at radius 1 is 1.41 bits per heavy atom. The fourth-order valence-electron chi connectivity index (χ4n) is 3.29. The van der Waals surface area contributed by atoms with Crippen molar-refractivity contribution < 1.29 is 9.53 Å². The third kappa shape index (κ3) is 5.61. The lowest BCUT2D eigenvalue weighted by Crippen LogP contribution is -2.36. The number of amides is 1. The van der Waals surface area contributed by atoms with Gasteiger partial charge in [0.05, 0.1) is 24.1 Å². The molecule has 2 heterocycles. The van der Waals surface area contributed by atoms with Crippen LogP contribution in [-0.2, 0) is 24.3 Å². The van der Waals surface area contributed by atoms with E-state index < -0.39 is 0 Å². The topological polar surface area (TPSA) is 87.3 Å². The summed E-state index contributed by atoms with van der Waals surface area (Å²) < 4.78 is 5.43. The molecule has 1 aromatic heterocycles. The van der Waals surface area contributed by atoms with E-state index in [1.807, 2.05) is 38.1 Å². The van der Waals surface area contributed by atoms with Gasteiger partial charge in [-0.05, 0) is 19.4 Å². The minimum atomic E-state index is -0.121. The zero-order valence-corrected chi connectivity index (χ0v) is 18.0. The van der Waals surface area contributed by atoms with Gasteiger partial charge in [-0.25, -0.2) is 4.98 Å². The lowest BCUT2D eigenvalue weighted by atomic mass is 10.1. The van der Waals surface area contributed by atoms with E-state index in [4.69, 9.17) is 4.74 Å². The van der Waals surface area contributed by atoms with Crippen molar-refractivity contribution in [1.29, 1.82) is 0 Å². The van der Waals surface area contributed by atoms with Crippen LogP contribution in [0.1, 0.15) is 37.1 Å². The largest absolute Gasteiger partial charge is 0.496 e. The highest BCUT2D eigenvalue weighted by Gasteiger charge is 2.22. The SMILES string of the molecule is CC[C@@H](C)NC(=O)CSc1nc2c(c(=O)[nH]1)CN(Cc1ccccc1OC)CC2. The Bertz CT molecular complexity index is 915. The fraction of sp³-hybridized carbons (Fsp3) is 0.476. The Morgan fingerprint density at radius 2 is 2.21 bits per heavy atom. The van der Waals surface area contributed by atoms with Crippen molar-refractivity contribution >= 4 is 17.7 Å². The summed E-state index contributed by atoms with van der Waals surface area (Å²) in [7, 11) is 1.67. The third-order valence-corrected chi connectivity index (χ3v) is 5.95. The molecule has 1 aliphatic rings. The monoisotopic (exact) mass is 416 g/mol. The summed E-state index contributed by atoms with van der Waals surface area (Å²) in [5.74, 6) is 1.05. The average molecular weight is 417 g/mol. The molecule has 0 aliphatic carbocycles. The van der Waals surface area contributed by atoms with Gasteiger partial charge in [-0.3, -0.25) is 14.5 Å². The normalized spacial score (nSPS) is 14.9. The van der Waals surface area contributed by atoms with Crippen molar-refractivity contribution in [2.24, 2.45) is 0 Å². The maximum atomic E-state index is 12.6. The molecule has 2 aromatic rings. The first kappa shape index (κ1) is 21.4. The number of thioether (sulfide) groups is 1. The summed E-state index contributed by atoms with van der Waals surface area (Å²) in [5, 5.41) is 3.42. The third-order valence-electron chi connectivity index (χ3n) is 5.07. The number of aromatic nitrogens is 2. The molecular formula is C21H28N4O3S. The maximum Gasteiger partial charge on any atom is 0.256 e. The minimum absolute atomic E-state index is 0.0484. The summed E-state index contributed by atoms with van der Waals surface area (Å²) in [6.07, 6.45) is 1.59. The average Bonchev–Trinajstić information content (AvgIpc) is 2.73. The summed E-state index contributed by atoms with van der Waals surface area (Å²) >= 11 is 1.27. The number of para-hydroxylation sites is 1. The predicted molar refractivity (Wildman–Crippen MR) is 114 cm³/mol. The van der Waals surface area contributed by atoms with Gasteiger partial charge in [-0.1, -0.05) is 36.9 Å². The number of hydrogen-bond acceptors (Lipinski definition) is 6. The van der Waals surface area contributed by atoms with Crippen molar-refractivity contribution in [2.45, 2.75) is 51.0 Å². The number of H-pyrrole nitrogens is 1. The predicted octanol–water partition coefficient (Wildman–Crippen LogP) is 2.34. The van der Waals surface area contributed by atoms with Crippen LogP contribution in [0.25, 0.3) is 0 Å². The van der Waals surface area contributed by atoms with Crippen molar-refractivity contribution in [3.05, 3.63) is 51.4 Å². The molecule has 1 amide bonds. The van der Waals surface area contributed by atoms with Gasteiger partial charge in [0.15, 0.2) is 5.16 Å². The number of aromatic amines is 1. The number of carbonyl (C=O) groups excluding carboxylic acids is 1. The number of nitrogens with one attached hydrogen (secondary N) is 2. The van der Waals surface area contributed by atoms with Crippen molar-refractivity contribution in [2.75, 3.05) is 19.4 Å². The number of rotatable bonds is 8. The molecule has 0 saturated heterocycles. The van der Waals surface area contributed by atoms with E-state index in [-0.39, 0.29) is 23.3 Å². The molecule has 1 aliphatic heterocycles. The van der Waals surface area contributed by atoms with Crippen molar-refractivity contribution in [1.82, 2.24) is 20.2 Å². The smallest absolute Gasteiger partial charge is 0.256 e. The van der Waals surface area contributed by atoms with E-state index in [9.17, 15) is 9.59 Å². The van der Waals surface area contributed by atoms with E-state index in [0.29, 0.717) is 23.7 Å². The zero-order chi connectivity index (χ0) is 20.8. The van der Waals surface area contributed by atoms with Crippen molar-refractivity contribution in [3.63, 3.8) is 0 Å². The quantitative estimate of drug-likeness (QED) is 0.507. The lowest BCUT2D eigenvalue weighted by molar-refractivity contribution is -0.119. The van der Waals surface area contributed by atoms with Gasteiger partial charge >= 0.3 is 0 Å². The number of benzene rings is 1. The molecule has 8 heteroatoms. The molecule has 7 nitrogen and oxygen atoms in total. The van der Waals surface area contributed by atoms with E-state index >= 15 is 0 Å². The molecular weight excluding hydrogens is 388 g/mol. The Morgan fingerprint density at radius 3 is 2.97 bits per heavy atom. The summed E-state index contributed by atoms with van der Waals surface area (Å²) in [6, 6.07) is 8.08. The molecule has 2 N–H and O–H groups in total. The van der Waals surface area contributed by atoms with Crippen LogP contribution in [0.4, 0.5) is 0 Å². The Labute approximate surface area is 175 Å². The van der Waals surface area contributed by atoms with Crippen LogP contribution in [0.5, 0.6) is 5.75 Å². The Balaban J connectivity index is 1.64. The first-order valence-electron chi connectivity index (χ1n) is 9.88. The van der Waals surface area contributed by atoms with Gasteiger partial charge in [0.25, 0.3) is 5.56 Å². The first-order chi connectivity index (χ1) is 14.0. The van der Waals surface area contributed by atoms with Gasteiger partial charge < -0.3 is 15.0 Å². The molecule has 1 atom stereocenters. The standard InChI is InChI=1S/C21H28N4O3S/c1-4-14(2)22-19(26)13-29-21-23-17-9-10-25(12-16(17)20(27)24-21)11-15-7-5-6-8-18(15)28-3/h5-8,14H,4,9-13H2,1-3H3,(H,22,26)(H,23,24,27)/t14-/m1/s1. The molecule has 0 saturated carbocycles. The van der Waals surface area contributed by atoms with Crippen LogP contribution in [0.3, 0.4) is 0 Å². The molecule has 0 spiro atoms. The lowest BCUT2D eigenvalue weighted by Gasteiger charge is -2.28. The molecule has 156 valence electrons. The molecule has 0 radical (unpaired) electrons.